The number of hydrogen-bond acceptors (Lipinski definition) is 3. The van der Waals surface area contributed by atoms with Gasteiger partial charge in [-0.2, -0.15) is 0 Å². The van der Waals surface area contributed by atoms with Gasteiger partial charge in [0.15, 0.2) is 0 Å². The van der Waals surface area contributed by atoms with E-state index in [1.165, 1.54) is 38.5 Å². The molecule has 0 radical (unpaired) electrons. The van der Waals surface area contributed by atoms with Crippen LogP contribution < -0.4 is 10.5 Å². The molecule has 2 N–H and O–H groups in total. The molecule has 1 aromatic rings. The van der Waals surface area contributed by atoms with Crippen LogP contribution in [-0.4, -0.2) is 18.3 Å². The van der Waals surface area contributed by atoms with Crippen LogP contribution in [0.5, 0.6) is 5.75 Å². The number of halogens is 1. The lowest BCUT2D eigenvalue weighted by atomic mass is 9.83. The molecule has 3 nitrogen and oxygen atoms in total. The van der Waals surface area contributed by atoms with Crippen LogP contribution in [0.2, 0.25) is 0 Å². The van der Waals surface area contributed by atoms with E-state index in [9.17, 15) is 0 Å². The standard InChI is InChI=1S/C17H24BrNO2/c18-15-10-13(11-19)4-5-16(15)20-12-14-6-9-17(21-14)7-2-1-3-8-17/h4-5,10,14H,1-3,6-9,11-12,19H2. The van der Waals surface area contributed by atoms with Crippen molar-refractivity contribution in [3.63, 3.8) is 0 Å². The van der Waals surface area contributed by atoms with Crippen LogP contribution >= 0.6 is 15.9 Å². The lowest BCUT2D eigenvalue weighted by molar-refractivity contribution is -0.0749. The molecule has 2 fully saturated rings. The van der Waals surface area contributed by atoms with Crippen LogP contribution in [0.1, 0.15) is 50.5 Å². The Hall–Kier alpha value is -0.580. The van der Waals surface area contributed by atoms with Crippen molar-refractivity contribution in [1.82, 2.24) is 0 Å². The minimum absolute atomic E-state index is 0.174. The van der Waals surface area contributed by atoms with Gasteiger partial charge in [-0.1, -0.05) is 25.3 Å². The Labute approximate surface area is 135 Å². The molecule has 1 unspecified atom stereocenters. The van der Waals surface area contributed by atoms with Gasteiger partial charge >= 0.3 is 0 Å². The predicted octanol–water partition coefficient (Wildman–Crippen LogP) is 4.17. The van der Waals surface area contributed by atoms with Crippen molar-refractivity contribution < 1.29 is 9.47 Å². The predicted molar refractivity (Wildman–Crippen MR) is 87.5 cm³/mol. The molecular formula is C17H24BrNO2. The van der Waals surface area contributed by atoms with E-state index < -0.39 is 0 Å². The summed E-state index contributed by atoms with van der Waals surface area (Å²) >= 11 is 3.55. The van der Waals surface area contributed by atoms with E-state index in [-0.39, 0.29) is 11.7 Å². The molecule has 1 aromatic carbocycles. The van der Waals surface area contributed by atoms with Crippen molar-refractivity contribution in [3.05, 3.63) is 28.2 Å². The lowest BCUT2D eigenvalue weighted by Gasteiger charge is -2.33. The average molecular weight is 354 g/mol. The zero-order valence-electron chi connectivity index (χ0n) is 12.4. The van der Waals surface area contributed by atoms with Crippen LogP contribution in [0.4, 0.5) is 0 Å². The van der Waals surface area contributed by atoms with Crippen LogP contribution in [0.15, 0.2) is 22.7 Å². The summed E-state index contributed by atoms with van der Waals surface area (Å²) in [6, 6.07) is 6.02. The van der Waals surface area contributed by atoms with E-state index >= 15 is 0 Å². The Morgan fingerprint density at radius 2 is 2.05 bits per heavy atom. The maximum Gasteiger partial charge on any atom is 0.133 e. The second kappa shape index (κ2) is 6.67. The van der Waals surface area contributed by atoms with Gasteiger partial charge in [0.05, 0.1) is 16.2 Å². The first-order valence-electron chi connectivity index (χ1n) is 8.00. The number of rotatable bonds is 4. The molecule has 1 atom stereocenters. The molecule has 1 saturated heterocycles. The highest BCUT2D eigenvalue weighted by Crippen LogP contribution is 2.42. The fourth-order valence-electron chi connectivity index (χ4n) is 3.55. The number of nitrogens with two attached hydrogens (primary N) is 1. The third-order valence-electron chi connectivity index (χ3n) is 4.76. The summed E-state index contributed by atoms with van der Waals surface area (Å²) in [4.78, 5) is 0. The first-order chi connectivity index (χ1) is 10.2. The van der Waals surface area contributed by atoms with E-state index in [0.29, 0.717) is 13.2 Å². The Kier molecular flexibility index (Phi) is 4.87. The molecule has 1 aliphatic carbocycles. The van der Waals surface area contributed by atoms with Crippen molar-refractivity contribution in [2.75, 3.05) is 6.61 Å². The summed E-state index contributed by atoms with van der Waals surface area (Å²) in [6.07, 6.45) is 9.04. The summed E-state index contributed by atoms with van der Waals surface area (Å²) in [6.45, 7) is 1.19. The van der Waals surface area contributed by atoms with Crippen molar-refractivity contribution in [3.8, 4) is 5.75 Å². The molecule has 1 spiro atoms. The highest BCUT2D eigenvalue weighted by atomic mass is 79.9. The fraction of sp³-hybridized carbons (Fsp3) is 0.647. The second-order valence-corrected chi connectivity index (χ2v) is 7.16. The largest absolute Gasteiger partial charge is 0.490 e. The van der Waals surface area contributed by atoms with Gasteiger partial charge in [0.2, 0.25) is 0 Å². The minimum Gasteiger partial charge on any atom is -0.490 e. The average Bonchev–Trinajstić information content (AvgIpc) is 2.89. The maximum atomic E-state index is 6.34. The molecule has 0 bridgehead atoms. The summed E-state index contributed by atoms with van der Waals surface area (Å²) in [5.41, 5.74) is 6.92. The Bertz CT molecular complexity index is 486. The number of benzene rings is 1. The molecule has 1 aliphatic heterocycles. The molecule has 1 heterocycles. The van der Waals surface area contributed by atoms with Gasteiger partial charge in [0.25, 0.3) is 0 Å². The Morgan fingerprint density at radius 3 is 2.76 bits per heavy atom. The van der Waals surface area contributed by atoms with Crippen molar-refractivity contribution in [1.29, 1.82) is 0 Å². The van der Waals surface area contributed by atoms with Gasteiger partial charge in [-0.15, -0.1) is 0 Å². The lowest BCUT2D eigenvalue weighted by Crippen LogP contribution is -2.32. The van der Waals surface area contributed by atoms with E-state index in [1.54, 1.807) is 0 Å². The van der Waals surface area contributed by atoms with Crippen LogP contribution in [0.25, 0.3) is 0 Å². The third kappa shape index (κ3) is 3.61. The van der Waals surface area contributed by atoms with E-state index in [1.807, 2.05) is 18.2 Å². The highest BCUT2D eigenvalue weighted by Gasteiger charge is 2.40. The normalized spacial score (nSPS) is 24.4. The molecule has 3 rings (SSSR count). The van der Waals surface area contributed by atoms with Crippen LogP contribution in [-0.2, 0) is 11.3 Å². The van der Waals surface area contributed by atoms with E-state index in [2.05, 4.69) is 15.9 Å². The quantitative estimate of drug-likeness (QED) is 0.883. The van der Waals surface area contributed by atoms with E-state index in [0.717, 1.165) is 22.2 Å². The summed E-state index contributed by atoms with van der Waals surface area (Å²) in [5, 5.41) is 0. The van der Waals surface area contributed by atoms with Gasteiger partial charge < -0.3 is 15.2 Å². The molecular weight excluding hydrogens is 330 g/mol. The Balaban J connectivity index is 1.54. The number of hydrogen-bond donors (Lipinski definition) is 1. The monoisotopic (exact) mass is 353 g/mol. The molecule has 21 heavy (non-hydrogen) atoms. The zero-order chi connectivity index (χ0) is 14.7. The summed E-state index contributed by atoms with van der Waals surface area (Å²) < 4.78 is 13.2. The first-order valence-corrected chi connectivity index (χ1v) is 8.79. The molecule has 4 heteroatoms. The van der Waals surface area contributed by atoms with E-state index in [4.69, 9.17) is 15.2 Å². The van der Waals surface area contributed by atoms with Gasteiger partial charge in [0, 0.05) is 6.54 Å². The van der Waals surface area contributed by atoms with Gasteiger partial charge in [-0.3, -0.25) is 0 Å². The topological polar surface area (TPSA) is 44.5 Å². The van der Waals surface area contributed by atoms with Gasteiger partial charge in [-0.25, -0.2) is 0 Å². The highest BCUT2D eigenvalue weighted by molar-refractivity contribution is 9.10. The molecule has 0 aromatic heterocycles. The SMILES string of the molecule is NCc1ccc(OCC2CCC3(CCCCC3)O2)c(Br)c1. The second-order valence-electron chi connectivity index (χ2n) is 6.30. The first kappa shape index (κ1) is 15.3. The summed E-state index contributed by atoms with van der Waals surface area (Å²) in [5.74, 6) is 0.875. The van der Waals surface area contributed by atoms with Gasteiger partial charge in [-0.05, 0) is 59.3 Å². The Morgan fingerprint density at radius 1 is 1.24 bits per heavy atom. The molecule has 116 valence electrons. The molecule has 0 amide bonds. The third-order valence-corrected chi connectivity index (χ3v) is 5.38. The fourth-order valence-corrected chi connectivity index (χ4v) is 4.09. The smallest absolute Gasteiger partial charge is 0.133 e. The van der Waals surface area contributed by atoms with Gasteiger partial charge in [0.1, 0.15) is 12.4 Å². The minimum atomic E-state index is 0.174. The van der Waals surface area contributed by atoms with Crippen LogP contribution in [0.3, 0.4) is 0 Å². The molecule has 2 aliphatic rings. The molecule has 1 saturated carbocycles. The van der Waals surface area contributed by atoms with Crippen molar-refractivity contribution in [2.24, 2.45) is 5.73 Å². The maximum absolute atomic E-state index is 6.34. The van der Waals surface area contributed by atoms with Crippen molar-refractivity contribution >= 4 is 15.9 Å². The number of ether oxygens (including phenoxy) is 2. The summed E-state index contributed by atoms with van der Waals surface area (Å²) in [7, 11) is 0. The zero-order valence-corrected chi connectivity index (χ0v) is 14.0. The van der Waals surface area contributed by atoms with Crippen LogP contribution in [0, 0.1) is 0 Å². The van der Waals surface area contributed by atoms with Crippen molar-refractivity contribution in [2.45, 2.75) is 63.2 Å².